The first-order chi connectivity index (χ1) is 28.7. The van der Waals surface area contributed by atoms with Crippen LogP contribution in [0.1, 0.15) is 245 Å². The summed E-state index contributed by atoms with van der Waals surface area (Å²) in [5, 5.41) is 23.1. The first-order valence-electron chi connectivity index (χ1n) is 25.2. The highest BCUT2D eigenvalue weighted by atomic mass is 16.3. The van der Waals surface area contributed by atoms with E-state index in [0.717, 1.165) is 51.4 Å². The highest BCUT2D eigenvalue weighted by Gasteiger charge is 2.17. The topological polar surface area (TPSA) is 69.6 Å². The molecule has 4 heteroatoms. The van der Waals surface area contributed by atoms with E-state index in [1.165, 1.54) is 173 Å². The standard InChI is InChI=1S/C54H97NO3/c1-3-5-7-9-11-13-15-17-19-21-23-24-25-26-27-28-29-30-32-34-36-38-40-42-44-46-48-50-54(58)55-52(51-56)53(57)49-47-45-43-41-39-37-35-33-31-22-20-18-16-14-12-10-8-6-4-2/h15,17,21,23,25-26,31,33,39,41,47,49,52-53,56-57H,3-14,16,18-20,22,24,27-30,32,34-38,40,42-46,48,50-51H2,1-2H3,(H,55,58)/b17-15-,23-21-,26-25-,33-31+,41-39+,49-47+. The maximum absolute atomic E-state index is 12.4. The van der Waals surface area contributed by atoms with Crippen molar-refractivity contribution in [3.8, 4) is 0 Å². The molecule has 2 unspecified atom stereocenters. The molecule has 0 aromatic heterocycles. The summed E-state index contributed by atoms with van der Waals surface area (Å²) in [6.07, 6.45) is 70.3. The van der Waals surface area contributed by atoms with Crippen molar-refractivity contribution in [3.05, 3.63) is 72.9 Å². The number of amides is 1. The zero-order chi connectivity index (χ0) is 42.1. The molecule has 0 aliphatic carbocycles. The van der Waals surface area contributed by atoms with Crippen molar-refractivity contribution in [2.75, 3.05) is 6.61 Å². The van der Waals surface area contributed by atoms with E-state index in [0.29, 0.717) is 6.42 Å². The van der Waals surface area contributed by atoms with E-state index in [9.17, 15) is 15.0 Å². The van der Waals surface area contributed by atoms with Gasteiger partial charge in [0.15, 0.2) is 0 Å². The molecule has 0 heterocycles. The lowest BCUT2D eigenvalue weighted by atomic mass is 10.0. The van der Waals surface area contributed by atoms with Crippen LogP contribution in [0.5, 0.6) is 0 Å². The van der Waals surface area contributed by atoms with Gasteiger partial charge >= 0.3 is 0 Å². The molecule has 0 fully saturated rings. The number of carbonyl (C=O) groups is 1. The normalized spacial score (nSPS) is 13.5. The first kappa shape index (κ1) is 55.8. The number of carbonyl (C=O) groups excluding carboxylic acids is 1. The summed E-state index contributed by atoms with van der Waals surface area (Å²) in [6, 6.07) is -0.650. The van der Waals surface area contributed by atoms with Gasteiger partial charge in [-0.05, 0) is 83.5 Å². The molecule has 3 N–H and O–H groups in total. The third kappa shape index (κ3) is 44.9. The molecule has 336 valence electrons. The lowest BCUT2D eigenvalue weighted by Gasteiger charge is -2.19. The molecular formula is C54H97NO3. The Morgan fingerprint density at radius 3 is 1.12 bits per heavy atom. The molecule has 58 heavy (non-hydrogen) atoms. The van der Waals surface area contributed by atoms with E-state index in [4.69, 9.17) is 0 Å². The van der Waals surface area contributed by atoms with Gasteiger partial charge in [0.25, 0.3) is 0 Å². The van der Waals surface area contributed by atoms with Crippen molar-refractivity contribution in [1.82, 2.24) is 5.32 Å². The minimum Gasteiger partial charge on any atom is -0.394 e. The number of hydrogen-bond acceptors (Lipinski definition) is 3. The van der Waals surface area contributed by atoms with Gasteiger partial charge in [0.2, 0.25) is 5.91 Å². The molecule has 0 rings (SSSR count). The minimum atomic E-state index is -0.874. The molecule has 0 aliphatic heterocycles. The lowest BCUT2D eigenvalue weighted by molar-refractivity contribution is -0.123. The second-order valence-corrected chi connectivity index (χ2v) is 16.9. The summed E-state index contributed by atoms with van der Waals surface area (Å²) >= 11 is 0. The van der Waals surface area contributed by atoms with Gasteiger partial charge in [0.05, 0.1) is 18.8 Å². The van der Waals surface area contributed by atoms with Crippen LogP contribution < -0.4 is 5.32 Å². The fraction of sp³-hybridized carbons (Fsp3) is 0.759. The van der Waals surface area contributed by atoms with Crippen LogP contribution in [0.25, 0.3) is 0 Å². The predicted octanol–water partition coefficient (Wildman–Crippen LogP) is 16.2. The molecule has 0 saturated heterocycles. The molecule has 1 amide bonds. The molecule has 0 saturated carbocycles. The van der Waals surface area contributed by atoms with Gasteiger partial charge in [-0.2, -0.15) is 0 Å². The van der Waals surface area contributed by atoms with Crippen molar-refractivity contribution < 1.29 is 15.0 Å². The monoisotopic (exact) mass is 808 g/mol. The number of allylic oxidation sites excluding steroid dienone is 11. The van der Waals surface area contributed by atoms with Gasteiger partial charge in [-0.1, -0.05) is 228 Å². The molecule has 0 aromatic rings. The summed E-state index contributed by atoms with van der Waals surface area (Å²) in [5.41, 5.74) is 0. The predicted molar refractivity (Wildman–Crippen MR) is 257 cm³/mol. The maximum Gasteiger partial charge on any atom is 0.220 e. The Morgan fingerprint density at radius 1 is 0.414 bits per heavy atom. The van der Waals surface area contributed by atoms with E-state index in [1.807, 2.05) is 6.08 Å². The number of nitrogens with one attached hydrogen (secondary N) is 1. The van der Waals surface area contributed by atoms with Gasteiger partial charge in [-0.3, -0.25) is 4.79 Å². The van der Waals surface area contributed by atoms with E-state index in [-0.39, 0.29) is 12.5 Å². The van der Waals surface area contributed by atoms with Gasteiger partial charge in [0, 0.05) is 6.42 Å². The summed E-state index contributed by atoms with van der Waals surface area (Å²) < 4.78 is 0. The van der Waals surface area contributed by atoms with E-state index in [1.54, 1.807) is 6.08 Å². The Balaban J connectivity index is 3.61. The van der Waals surface area contributed by atoms with Crippen LogP contribution in [-0.2, 0) is 4.79 Å². The van der Waals surface area contributed by atoms with Gasteiger partial charge < -0.3 is 15.5 Å². The average molecular weight is 808 g/mol. The molecule has 0 aromatic carbocycles. The lowest BCUT2D eigenvalue weighted by Crippen LogP contribution is -2.45. The molecular weight excluding hydrogens is 711 g/mol. The van der Waals surface area contributed by atoms with E-state index < -0.39 is 12.1 Å². The smallest absolute Gasteiger partial charge is 0.220 e. The van der Waals surface area contributed by atoms with Crippen LogP contribution in [0.15, 0.2) is 72.9 Å². The Bertz CT molecular complexity index is 1010. The molecule has 0 bridgehead atoms. The van der Waals surface area contributed by atoms with Crippen LogP contribution in [0, 0.1) is 0 Å². The Kier molecular flexibility index (Phi) is 47.4. The maximum atomic E-state index is 12.4. The molecule has 0 aliphatic rings. The highest BCUT2D eigenvalue weighted by Crippen LogP contribution is 2.14. The Labute approximate surface area is 361 Å². The minimum absolute atomic E-state index is 0.0812. The van der Waals surface area contributed by atoms with Crippen molar-refractivity contribution in [3.63, 3.8) is 0 Å². The summed E-state index contributed by atoms with van der Waals surface area (Å²) in [6.45, 7) is 4.28. The van der Waals surface area contributed by atoms with Crippen molar-refractivity contribution >= 4 is 5.91 Å². The number of hydrogen-bond donors (Lipinski definition) is 3. The zero-order valence-corrected chi connectivity index (χ0v) is 38.5. The number of unbranched alkanes of at least 4 members (excludes halogenated alkanes) is 28. The Hall–Kier alpha value is -2.17. The second-order valence-electron chi connectivity index (χ2n) is 16.9. The largest absolute Gasteiger partial charge is 0.394 e. The first-order valence-corrected chi connectivity index (χ1v) is 25.2. The molecule has 4 nitrogen and oxygen atoms in total. The van der Waals surface area contributed by atoms with Crippen molar-refractivity contribution in [2.24, 2.45) is 0 Å². The van der Waals surface area contributed by atoms with Crippen LogP contribution in [0.2, 0.25) is 0 Å². The van der Waals surface area contributed by atoms with Gasteiger partial charge in [-0.25, -0.2) is 0 Å². The fourth-order valence-electron chi connectivity index (χ4n) is 7.28. The van der Waals surface area contributed by atoms with Gasteiger partial charge in [0.1, 0.15) is 0 Å². The number of aliphatic hydroxyl groups is 2. The van der Waals surface area contributed by atoms with E-state index >= 15 is 0 Å². The second kappa shape index (κ2) is 49.2. The molecule has 0 radical (unpaired) electrons. The van der Waals surface area contributed by atoms with Crippen LogP contribution in [-0.4, -0.2) is 34.9 Å². The van der Waals surface area contributed by atoms with Crippen molar-refractivity contribution in [2.45, 2.75) is 257 Å². The third-order valence-corrected chi connectivity index (χ3v) is 11.1. The third-order valence-electron chi connectivity index (χ3n) is 11.1. The summed E-state index contributed by atoms with van der Waals surface area (Å²) in [5.74, 6) is -0.0812. The van der Waals surface area contributed by atoms with Gasteiger partial charge in [-0.15, -0.1) is 0 Å². The van der Waals surface area contributed by atoms with Crippen LogP contribution in [0.3, 0.4) is 0 Å². The van der Waals surface area contributed by atoms with Crippen molar-refractivity contribution in [1.29, 1.82) is 0 Å². The summed E-state index contributed by atoms with van der Waals surface area (Å²) in [4.78, 5) is 12.4. The fourth-order valence-corrected chi connectivity index (χ4v) is 7.28. The Morgan fingerprint density at radius 2 is 0.724 bits per heavy atom. The van der Waals surface area contributed by atoms with E-state index in [2.05, 4.69) is 79.9 Å². The van der Waals surface area contributed by atoms with Crippen LogP contribution in [0.4, 0.5) is 0 Å². The quantitative estimate of drug-likeness (QED) is 0.0424. The average Bonchev–Trinajstić information content (AvgIpc) is 3.23. The zero-order valence-electron chi connectivity index (χ0n) is 38.5. The number of rotatable bonds is 45. The molecule has 0 spiro atoms. The highest BCUT2D eigenvalue weighted by molar-refractivity contribution is 5.76. The number of aliphatic hydroxyl groups excluding tert-OH is 2. The summed E-state index contributed by atoms with van der Waals surface area (Å²) in [7, 11) is 0. The molecule has 2 atom stereocenters. The SMILES string of the molecule is CCCCCCC/C=C\C/C=C\C/C=C\CCCCCCCCCCCCCCC(=O)NC(CO)C(O)/C=C/CC/C=C/CC/C=C/CCCCCCCCCCC. The van der Waals surface area contributed by atoms with Crippen LogP contribution >= 0.6 is 0 Å².